The van der Waals surface area contributed by atoms with Gasteiger partial charge in [-0.15, -0.1) is 0 Å². The van der Waals surface area contributed by atoms with Gasteiger partial charge in [-0.25, -0.2) is 4.39 Å². The van der Waals surface area contributed by atoms with E-state index >= 15 is 0 Å². The van der Waals surface area contributed by atoms with Crippen molar-refractivity contribution in [3.8, 4) is 6.07 Å². The third kappa shape index (κ3) is 3.12. The summed E-state index contributed by atoms with van der Waals surface area (Å²) in [4.78, 5) is 0. The monoisotopic (exact) mass is 318 g/mol. The van der Waals surface area contributed by atoms with Crippen LogP contribution in [-0.4, -0.2) is 0 Å². The Labute approximate surface area is 120 Å². The van der Waals surface area contributed by atoms with E-state index in [1.54, 1.807) is 18.2 Å². The van der Waals surface area contributed by atoms with Crippen LogP contribution in [0.25, 0.3) is 0 Å². The van der Waals surface area contributed by atoms with Crippen LogP contribution in [-0.2, 0) is 0 Å². The molecule has 2 aromatic rings. The lowest BCUT2D eigenvalue weighted by atomic mass is 10.1. The van der Waals surface area contributed by atoms with E-state index in [2.05, 4.69) is 27.3 Å². The Morgan fingerprint density at radius 1 is 1.26 bits per heavy atom. The van der Waals surface area contributed by atoms with Crippen molar-refractivity contribution in [1.29, 1.82) is 5.26 Å². The van der Waals surface area contributed by atoms with Crippen molar-refractivity contribution in [2.45, 2.75) is 13.0 Å². The average molecular weight is 319 g/mol. The number of hydrogen-bond acceptors (Lipinski definition) is 2. The van der Waals surface area contributed by atoms with Crippen molar-refractivity contribution in [3.05, 3.63) is 63.9 Å². The van der Waals surface area contributed by atoms with Crippen molar-refractivity contribution < 1.29 is 4.39 Å². The van der Waals surface area contributed by atoms with Gasteiger partial charge in [-0.05, 0) is 36.2 Å². The van der Waals surface area contributed by atoms with Crippen LogP contribution in [0.5, 0.6) is 0 Å². The SMILES string of the molecule is Cc1cc(C(C#N)Nc2ccccc2F)ccc1Br. The van der Waals surface area contributed by atoms with E-state index in [9.17, 15) is 9.65 Å². The lowest BCUT2D eigenvalue weighted by Crippen LogP contribution is -2.09. The molecule has 1 N–H and O–H groups in total. The first-order valence-corrected chi connectivity index (χ1v) is 6.58. The predicted molar refractivity (Wildman–Crippen MR) is 77.3 cm³/mol. The molecule has 2 rings (SSSR count). The van der Waals surface area contributed by atoms with Gasteiger partial charge in [-0.1, -0.05) is 40.2 Å². The molecule has 0 heterocycles. The second-order valence-electron chi connectivity index (χ2n) is 4.19. The third-order valence-corrected chi connectivity index (χ3v) is 3.71. The average Bonchev–Trinajstić information content (AvgIpc) is 2.41. The molecule has 2 nitrogen and oxygen atoms in total. The molecule has 0 aliphatic heterocycles. The Balaban J connectivity index is 2.28. The second-order valence-corrected chi connectivity index (χ2v) is 5.05. The zero-order valence-corrected chi connectivity index (χ0v) is 11.9. The summed E-state index contributed by atoms with van der Waals surface area (Å²) in [5.41, 5.74) is 2.18. The van der Waals surface area contributed by atoms with Crippen LogP contribution in [0.1, 0.15) is 17.2 Å². The first-order chi connectivity index (χ1) is 9.11. The number of hydrogen-bond donors (Lipinski definition) is 1. The fourth-order valence-electron chi connectivity index (χ4n) is 1.77. The number of aryl methyl sites for hydroxylation is 1. The van der Waals surface area contributed by atoms with Crippen LogP contribution in [0, 0.1) is 24.1 Å². The topological polar surface area (TPSA) is 35.8 Å². The van der Waals surface area contributed by atoms with Crippen molar-refractivity contribution in [2.24, 2.45) is 0 Å². The van der Waals surface area contributed by atoms with E-state index in [0.717, 1.165) is 15.6 Å². The number of rotatable bonds is 3. The number of nitrogens with one attached hydrogen (secondary N) is 1. The minimum atomic E-state index is -0.580. The Hall–Kier alpha value is -1.86. The van der Waals surface area contributed by atoms with Crippen molar-refractivity contribution in [1.82, 2.24) is 0 Å². The van der Waals surface area contributed by atoms with Gasteiger partial charge in [-0.2, -0.15) is 5.26 Å². The lowest BCUT2D eigenvalue weighted by Gasteiger charge is -2.14. The molecule has 2 aromatic carbocycles. The zero-order chi connectivity index (χ0) is 13.8. The summed E-state index contributed by atoms with van der Waals surface area (Å²) in [6.07, 6.45) is 0. The van der Waals surface area contributed by atoms with Gasteiger partial charge in [0.15, 0.2) is 0 Å². The number of benzene rings is 2. The maximum Gasteiger partial charge on any atom is 0.146 e. The summed E-state index contributed by atoms with van der Waals surface area (Å²) >= 11 is 3.42. The molecule has 0 aromatic heterocycles. The molecule has 1 atom stereocenters. The molecule has 1 unspecified atom stereocenters. The fraction of sp³-hybridized carbons (Fsp3) is 0.133. The van der Waals surface area contributed by atoms with Gasteiger partial charge in [0, 0.05) is 4.47 Å². The molecule has 0 amide bonds. The Morgan fingerprint density at radius 2 is 2.00 bits per heavy atom. The first-order valence-electron chi connectivity index (χ1n) is 5.78. The molecule has 0 bridgehead atoms. The summed E-state index contributed by atoms with van der Waals surface area (Å²) in [7, 11) is 0. The maximum atomic E-state index is 13.6. The first kappa shape index (κ1) is 13.6. The van der Waals surface area contributed by atoms with E-state index in [0.29, 0.717) is 5.69 Å². The Morgan fingerprint density at radius 3 is 2.63 bits per heavy atom. The van der Waals surface area contributed by atoms with Crippen molar-refractivity contribution in [3.63, 3.8) is 0 Å². The summed E-state index contributed by atoms with van der Waals surface area (Å²) in [6.45, 7) is 1.95. The predicted octanol–water partition coefficient (Wildman–Crippen LogP) is 4.57. The van der Waals surface area contributed by atoms with Gasteiger partial charge in [0.1, 0.15) is 11.9 Å². The van der Waals surface area contributed by atoms with Crippen LogP contribution >= 0.6 is 15.9 Å². The zero-order valence-electron chi connectivity index (χ0n) is 10.3. The normalized spacial score (nSPS) is 11.7. The largest absolute Gasteiger partial charge is 0.364 e. The summed E-state index contributed by atoms with van der Waals surface area (Å²) in [5, 5.41) is 12.2. The van der Waals surface area contributed by atoms with Crippen LogP contribution < -0.4 is 5.32 Å². The standard InChI is InChI=1S/C15H12BrFN2/c1-10-8-11(6-7-12(10)16)15(9-18)19-14-5-3-2-4-13(14)17/h2-8,15,19H,1H3. The highest BCUT2D eigenvalue weighted by atomic mass is 79.9. The van der Waals surface area contributed by atoms with Gasteiger partial charge >= 0.3 is 0 Å². The summed E-state index contributed by atoms with van der Waals surface area (Å²) in [5.74, 6) is -0.364. The maximum absolute atomic E-state index is 13.6. The molecule has 0 aliphatic rings. The van der Waals surface area contributed by atoms with Crippen LogP contribution in [0.15, 0.2) is 46.9 Å². The minimum absolute atomic E-state index is 0.328. The quantitative estimate of drug-likeness (QED) is 0.899. The summed E-state index contributed by atoms with van der Waals surface area (Å²) < 4.78 is 14.6. The highest BCUT2D eigenvalue weighted by Gasteiger charge is 2.13. The molecule has 0 fully saturated rings. The summed E-state index contributed by atoms with van der Waals surface area (Å²) in [6, 6.07) is 13.5. The third-order valence-electron chi connectivity index (χ3n) is 2.82. The molecular formula is C15H12BrFN2. The van der Waals surface area contributed by atoms with Crippen molar-refractivity contribution in [2.75, 3.05) is 5.32 Å². The highest BCUT2D eigenvalue weighted by molar-refractivity contribution is 9.10. The van der Waals surface area contributed by atoms with Gasteiger partial charge in [0.2, 0.25) is 0 Å². The molecule has 19 heavy (non-hydrogen) atoms. The van der Waals surface area contributed by atoms with Crippen LogP contribution in [0.3, 0.4) is 0 Å². The van der Waals surface area contributed by atoms with E-state index < -0.39 is 6.04 Å². The molecule has 0 radical (unpaired) electrons. The second kappa shape index (κ2) is 5.85. The highest BCUT2D eigenvalue weighted by Crippen LogP contribution is 2.25. The van der Waals surface area contributed by atoms with Crippen molar-refractivity contribution >= 4 is 21.6 Å². The molecule has 0 saturated heterocycles. The van der Waals surface area contributed by atoms with Crippen LogP contribution in [0.2, 0.25) is 0 Å². The van der Waals surface area contributed by atoms with E-state index in [4.69, 9.17) is 0 Å². The fourth-order valence-corrected chi connectivity index (χ4v) is 2.02. The number of para-hydroxylation sites is 1. The van der Waals surface area contributed by atoms with E-state index in [1.807, 2.05) is 25.1 Å². The number of anilines is 1. The van der Waals surface area contributed by atoms with Gasteiger partial charge in [-0.3, -0.25) is 0 Å². The molecule has 4 heteroatoms. The molecule has 0 aliphatic carbocycles. The minimum Gasteiger partial charge on any atom is -0.364 e. The Kier molecular flexibility index (Phi) is 4.18. The van der Waals surface area contributed by atoms with E-state index in [1.165, 1.54) is 6.07 Å². The number of halogens is 2. The van der Waals surface area contributed by atoms with Gasteiger partial charge in [0.25, 0.3) is 0 Å². The van der Waals surface area contributed by atoms with E-state index in [-0.39, 0.29) is 5.82 Å². The Bertz CT molecular complexity index is 634. The smallest absolute Gasteiger partial charge is 0.146 e. The van der Waals surface area contributed by atoms with Gasteiger partial charge < -0.3 is 5.32 Å². The van der Waals surface area contributed by atoms with Crippen LogP contribution in [0.4, 0.5) is 10.1 Å². The lowest BCUT2D eigenvalue weighted by molar-refractivity contribution is 0.629. The molecular weight excluding hydrogens is 307 g/mol. The molecule has 96 valence electrons. The molecule has 0 spiro atoms. The number of nitriles is 1. The number of nitrogens with zero attached hydrogens (tertiary/aromatic N) is 1. The van der Waals surface area contributed by atoms with Gasteiger partial charge in [0.05, 0.1) is 11.8 Å². The molecule has 0 saturated carbocycles.